The molecular formula is C25H25N3O4S2. The highest BCUT2D eigenvalue weighted by atomic mass is 32.2. The van der Waals surface area contributed by atoms with Crippen molar-refractivity contribution in [2.45, 2.75) is 28.8 Å². The van der Waals surface area contributed by atoms with Crippen molar-refractivity contribution in [3.05, 3.63) is 78.5 Å². The van der Waals surface area contributed by atoms with Gasteiger partial charge in [-0.3, -0.25) is 9.69 Å². The van der Waals surface area contributed by atoms with E-state index in [4.69, 9.17) is 4.74 Å². The van der Waals surface area contributed by atoms with Crippen molar-refractivity contribution in [1.82, 2.24) is 9.29 Å². The number of ether oxygens (including phenoxy) is 1. The van der Waals surface area contributed by atoms with E-state index < -0.39 is 10.0 Å². The van der Waals surface area contributed by atoms with Gasteiger partial charge < -0.3 is 4.74 Å². The molecule has 7 nitrogen and oxygen atoms in total. The lowest BCUT2D eigenvalue weighted by Gasteiger charge is -2.37. The van der Waals surface area contributed by atoms with Gasteiger partial charge in [0, 0.05) is 19.3 Å². The zero-order valence-electron chi connectivity index (χ0n) is 18.5. The Morgan fingerprint density at radius 3 is 2.47 bits per heavy atom. The third-order valence-electron chi connectivity index (χ3n) is 6.04. The number of thioether (sulfide) groups is 1. The lowest BCUT2D eigenvalue weighted by Crippen LogP contribution is -2.42. The van der Waals surface area contributed by atoms with Gasteiger partial charge in [-0.15, -0.1) is 0 Å². The molecule has 0 aliphatic carbocycles. The van der Waals surface area contributed by atoms with Gasteiger partial charge in [-0.1, -0.05) is 54.2 Å². The average molecular weight is 496 g/mol. The van der Waals surface area contributed by atoms with Gasteiger partial charge in [0.25, 0.3) is 0 Å². The molecule has 176 valence electrons. The van der Waals surface area contributed by atoms with Crippen LogP contribution in [0.3, 0.4) is 0 Å². The van der Waals surface area contributed by atoms with Crippen LogP contribution in [0.1, 0.15) is 24.4 Å². The van der Waals surface area contributed by atoms with Crippen LogP contribution in [0.25, 0.3) is 0 Å². The molecule has 0 saturated carbocycles. The van der Waals surface area contributed by atoms with E-state index in [2.05, 4.69) is 4.98 Å². The van der Waals surface area contributed by atoms with Crippen molar-refractivity contribution in [2.75, 3.05) is 30.3 Å². The second-order valence-electron chi connectivity index (χ2n) is 8.20. The number of carbonyl (C=O) groups is 1. The Balaban J connectivity index is 1.32. The molecule has 0 N–H and O–H groups in total. The number of anilines is 1. The van der Waals surface area contributed by atoms with Crippen molar-refractivity contribution >= 4 is 33.4 Å². The fourth-order valence-electron chi connectivity index (χ4n) is 4.31. The molecule has 0 unspecified atom stereocenters. The minimum absolute atomic E-state index is 0.0647. The van der Waals surface area contributed by atoms with E-state index in [1.54, 1.807) is 17.0 Å². The number of pyridine rings is 1. The van der Waals surface area contributed by atoms with Crippen LogP contribution in [0.4, 0.5) is 5.69 Å². The van der Waals surface area contributed by atoms with Crippen molar-refractivity contribution < 1.29 is 17.9 Å². The maximum Gasteiger partial charge on any atom is 0.244 e. The maximum absolute atomic E-state index is 13.4. The van der Waals surface area contributed by atoms with Gasteiger partial charge in [0.1, 0.15) is 17.3 Å². The number of carbonyl (C=O) groups excluding carboxylic acids is 1. The van der Waals surface area contributed by atoms with Crippen molar-refractivity contribution in [3.8, 4) is 5.75 Å². The Kier molecular flexibility index (Phi) is 6.58. The molecule has 9 heteroatoms. The molecule has 0 spiro atoms. The van der Waals surface area contributed by atoms with E-state index in [1.807, 2.05) is 54.6 Å². The zero-order valence-corrected chi connectivity index (χ0v) is 20.2. The monoisotopic (exact) mass is 495 g/mol. The Labute approximate surface area is 203 Å². The summed E-state index contributed by atoms with van der Waals surface area (Å²) in [4.78, 5) is 19.7. The van der Waals surface area contributed by atoms with Gasteiger partial charge in [0.15, 0.2) is 0 Å². The van der Waals surface area contributed by atoms with Crippen molar-refractivity contribution in [3.63, 3.8) is 0 Å². The van der Waals surface area contributed by atoms with Gasteiger partial charge in [-0.05, 0) is 42.7 Å². The van der Waals surface area contributed by atoms with E-state index in [-0.39, 0.29) is 22.6 Å². The molecule has 34 heavy (non-hydrogen) atoms. The van der Waals surface area contributed by atoms with Gasteiger partial charge >= 0.3 is 0 Å². The molecule has 1 atom stereocenters. The number of nitrogens with zero attached hydrogens (tertiary/aromatic N) is 3. The number of amides is 1. The molecule has 3 aromatic rings. The summed E-state index contributed by atoms with van der Waals surface area (Å²) >= 11 is 1.29. The summed E-state index contributed by atoms with van der Waals surface area (Å²) in [6, 6.07) is 20.4. The standard InChI is InChI=1S/C25H25N3O4S2/c29-25(18-33-24-13-12-20(16-26-24)34(30,31)27-14-6-7-15-27)28-21-10-4-5-11-23(21)32-17-22(28)19-8-2-1-3-9-19/h1-5,8-13,16,22H,6-7,14-15,17-18H2/t22-/m1/s1. The molecule has 1 aromatic heterocycles. The number of rotatable bonds is 6. The smallest absolute Gasteiger partial charge is 0.244 e. The predicted octanol–water partition coefficient (Wildman–Crippen LogP) is 4.13. The third kappa shape index (κ3) is 4.55. The SMILES string of the molecule is O=C(CSc1ccc(S(=O)(=O)N2CCCC2)cn1)N1c2ccccc2OC[C@@H]1c1ccccc1. The Morgan fingerprint density at radius 1 is 1.00 bits per heavy atom. The lowest BCUT2D eigenvalue weighted by molar-refractivity contribution is -0.117. The summed E-state index contributed by atoms with van der Waals surface area (Å²) in [6.45, 7) is 1.48. The van der Waals surface area contributed by atoms with Crippen LogP contribution in [-0.2, 0) is 14.8 Å². The molecule has 1 amide bonds. The molecule has 3 heterocycles. The first-order valence-corrected chi connectivity index (χ1v) is 13.6. The highest BCUT2D eigenvalue weighted by Gasteiger charge is 2.33. The fourth-order valence-corrected chi connectivity index (χ4v) is 6.47. The molecular weight excluding hydrogens is 470 g/mol. The first-order chi connectivity index (χ1) is 16.5. The second kappa shape index (κ2) is 9.77. The first-order valence-electron chi connectivity index (χ1n) is 11.2. The average Bonchev–Trinajstić information content (AvgIpc) is 3.43. The minimum Gasteiger partial charge on any atom is -0.489 e. The van der Waals surface area contributed by atoms with Gasteiger partial charge in [0.05, 0.1) is 22.5 Å². The largest absolute Gasteiger partial charge is 0.489 e. The molecule has 0 bridgehead atoms. The molecule has 2 aromatic carbocycles. The Morgan fingerprint density at radius 2 is 1.74 bits per heavy atom. The number of aromatic nitrogens is 1. The van der Waals surface area contributed by atoms with Crippen molar-refractivity contribution in [2.24, 2.45) is 0 Å². The lowest BCUT2D eigenvalue weighted by atomic mass is 10.0. The minimum atomic E-state index is -3.50. The molecule has 5 rings (SSSR count). The van der Waals surface area contributed by atoms with E-state index in [9.17, 15) is 13.2 Å². The topological polar surface area (TPSA) is 79.8 Å². The highest BCUT2D eigenvalue weighted by Crippen LogP contribution is 2.39. The van der Waals surface area contributed by atoms with Gasteiger partial charge in [-0.25, -0.2) is 13.4 Å². The summed E-state index contributed by atoms with van der Waals surface area (Å²) in [5.74, 6) is 0.788. The quantitative estimate of drug-likeness (QED) is 0.479. The molecule has 2 aliphatic heterocycles. The van der Waals surface area contributed by atoms with E-state index in [0.717, 1.165) is 24.1 Å². The van der Waals surface area contributed by atoms with Crippen molar-refractivity contribution in [1.29, 1.82) is 0 Å². The number of hydrogen-bond donors (Lipinski definition) is 0. The zero-order chi connectivity index (χ0) is 23.5. The van der Waals surface area contributed by atoms with Gasteiger partial charge in [-0.2, -0.15) is 4.31 Å². The van der Waals surface area contributed by atoms with Crippen LogP contribution in [0.2, 0.25) is 0 Å². The summed E-state index contributed by atoms with van der Waals surface area (Å²) in [5, 5.41) is 0.603. The van der Waals surface area contributed by atoms with Crippen LogP contribution in [0.15, 0.2) is 82.8 Å². The van der Waals surface area contributed by atoms with E-state index >= 15 is 0 Å². The molecule has 1 saturated heterocycles. The fraction of sp³-hybridized carbons (Fsp3) is 0.280. The van der Waals surface area contributed by atoms with E-state index in [1.165, 1.54) is 22.3 Å². The van der Waals surface area contributed by atoms with Crippen LogP contribution in [-0.4, -0.2) is 49.1 Å². The summed E-state index contributed by atoms with van der Waals surface area (Å²) in [6.07, 6.45) is 3.16. The molecule has 1 fully saturated rings. The summed E-state index contributed by atoms with van der Waals surface area (Å²) < 4.78 is 32.9. The Hall–Kier alpha value is -2.88. The summed E-state index contributed by atoms with van der Waals surface area (Å²) in [7, 11) is -3.50. The second-order valence-corrected chi connectivity index (χ2v) is 11.1. The van der Waals surface area contributed by atoms with E-state index in [0.29, 0.717) is 30.5 Å². The maximum atomic E-state index is 13.4. The Bertz CT molecular complexity index is 1260. The number of para-hydroxylation sites is 2. The number of hydrogen-bond acceptors (Lipinski definition) is 6. The van der Waals surface area contributed by atoms with Crippen LogP contribution in [0, 0.1) is 0 Å². The molecule has 0 radical (unpaired) electrons. The predicted molar refractivity (Wildman–Crippen MR) is 132 cm³/mol. The van der Waals surface area contributed by atoms with Crippen LogP contribution >= 0.6 is 11.8 Å². The number of benzene rings is 2. The highest BCUT2D eigenvalue weighted by molar-refractivity contribution is 7.99. The number of sulfonamides is 1. The van der Waals surface area contributed by atoms with Crippen LogP contribution in [0.5, 0.6) is 5.75 Å². The first kappa shape index (κ1) is 22.9. The third-order valence-corrected chi connectivity index (χ3v) is 8.85. The van der Waals surface area contributed by atoms with Crippen LogP contribution < -0.4 is 9.64 Å². The number of fused-ring (bicyclic) bond motifs is 1. The molecule has 2 aliphatic rings. The normalized spacial score (nSPS) is 18.4. The summed E-state index contributed by atoms with van der Waals surface area (Å²) in [5.41, 5.74) is 1.75. The van der Waals surface area contributed by atoms with Gasteiger partial charge in [0.2, 0.25) is 15.9 Å².